The van der Waals surface area contributed by atoms with Gasteiger partial charge in [-0.05, 0) is 25.8 Å². The van der Waals surface area contributed by atoms with Crippen molar-refractivity contribution in [1.29, 1.82) is 0 Å². The maximum absolute atomic E-state index is 10.6. The molecule has 0 heterocycles. The molecule has 0 aliphatic rings. The van der Waals surface area contributed by atoms with Crippen molar-refractivity contribution < 1.29 is 9.90 Å². The Kier molecular flexibility index (Phi) is 5.84. The van der Waals surface area contributed by atoms with Crippen LogP contribution < -0.4 is 5.73 Å². The number of rotatable bonds is 6. The molecule has 0 amide bonds. The predicted octanol–water partition coefficient (Wildman–Crippen LogP) is 1.23. The van der Waals surface area contributed by atoms with Gasteiger partial charge in [0.2, 0.25) is 0 Å². The van der Waals surface area contributed by atoms with Crippen LogP contribution in [0.3, 0.4) is 0 Å². The van der Waals surface area contributed by atoms with Gasteiger partial charge >= 0.3 is 5.97 Å². The van der Waals surface area contributed by atoms with Crippen LogP contribution in [0.25, 0.3) is 0 Å². The van der Waals surface area contributed by atoms with Crippen molar-refractivity contribution in [2.45, 2.75) is 32.6 Å². The van der Waals surface area contributed by atoms with E-state index in [-0.39, 0.29) is 5.92 Å². The van der Waals surface area contributed by atoms with E-state index in [2.05, 4.69) is 0 Å². The predicted molar refractivity (Wildman–Crippen MR) is 44.3 cm³/mol. The Hall–Kier alpha value is -0.570. The number of hydrogen-bond donors (Lipinski definition) is 2. The first-order chi connectivity index (χ1) is 5.22. The highest BCUT2D eigenvalue weighted by atomic mass is 16.4. The van der Waals surface area contributed by atoms with E-state index in [9.17, 15) is 4.79 Å². The molecule has 3 heteroatoms. The average molecular weight is 159 g/mol. The van der Waals surface area contributed by atoms with Crippen LogP contribution in [0.1, 0.15) is 32.6 Å². The molecule has 3 nitrogen and oxygen atoms in total. The van der Waals surface area contributed by atoms with Gasteiger partial charge in [-0.3, -0.25) is 4.79 Å². The van der Waals surface area contributed by atoms with Gasteiger partial charge in [0, 0.05) is 0 Å². The lowest BCUT2D eigenvalue weighted by Crippen LogP contribution is -2.14. The van der Waals surface area contributed by atoms with E-state index in [4.69, 9.17) is 10.8 Å². The largest absolute Gasteiger partial charge is 0.481 e. The molecule has 1 unspecified atom stereocenters. The lowest BCUT2D eigenvalue weighted by molar-refractivity contribution is -0.142. The number of carbonyl (C=O) groups is 1. The molecule has 0 radical (unpaired) electrons. The fourth-order valence-corrected chi connectivity index (χ4v) is 1.10. The third-order valence-corrected chi connectivity index (χ3v) is 1.74. The molecule has 0 spiro atoms. The monoisotopic (exact) mass is 159 g/mol. The highest BCUT2D eigenvalue weighted by Crippen LogP contribution is 2.12. The summed E-state index contributed by atoms with van der Waals surface area (Å²) in [7, 11) is 0. The molecule has 0 rings (SSSR count). The Morgan fingerprint density at radius 3 is 2.55 bits per heavy atom. The van der Waals surface area contributed by atoms with E-state index in [1.807, 2.05) is 6.92 Å². The van der Waals surface area contributed by atoms with Crippen LogP contribution >= 0.6 is 0 Å². The lowest BCUT2D eigenvalue weighted by atomic mass is 9.98. The highest BCUT2D eigenvalue weighted by molar-refractivity contribution is 5.69. The molecule has 0 aromatic heterocycles. The zero-order valence-corrected chi connectivity index (χ0v) is 7.05. The molecule has 0 aliphatic heterocycles. The van der Waals surface area contributed by atoms with Crippen molar-refractivity contribution in [2.24, 2.45) is 11.7 Å². The minimum atomic E-state index is -0.680. The summed E-state index contributed by atoms with van der Waals surface area (Å²) in [5.41, 5.74) is 5.28. The first-order valence-corrected chi connectivity index (χ1v) is 4.15. The molecular weight excluding hydrogens is 142 g/mol. The van der Waals surface area contributed by atoms with Gasteiger partial charge in [0.25, 0.3) is 0 Å². The highest BCUT2D eigenvalue weighted by Gasteiger charge is 2.14. The standard InChI is InChI=1S/C8H17NO2/c1-2-4-7(8(10)11)5-3-6-9/h7H,2-6,9H2,1H3,(H,10,11). The average Bonchev–Trinajstić information content (AvgIpc) is 1.97. The number of hydrogen-bond acceptors (Lipinski definition) is 2. The Balaban J connectivity index is 3.60. The molecule has 0 aliphatic carbocycles. The summed E-state index contributed by atoms with van der Waals surface area (Å²) in [6.45, 7) is 2.59. The van der Waals surface area contributed by atoms with Crippen LogP contribution in [0.4, 0.5) is 0 Å². The maximum Gasteiger partial charge on any atom is 0.306 e. The van der Waals surface area contributed by atoms with Crippen molar-refractivity contribution in [3.8, 4) is 0 Å². The van der Waals surface area contributed by atoms with Gasteiger partial charge < -0.3 is 10.8 Å². The number of nitrogens with two attached hydrogens (primary N) is 1. The molecule has 0 aromatic rings. The van der Waals surface area contributed by atoms with Crippen LogP contribution in [0, 0.1) is 5.92 Å². The van der Waals surface area contributed by atoms with Crippen molar-refractivity contribution in [2.75, 3.05) is 6.54 Å². The van der Waals surface area contributed by atoms with Crippen molar-refractivity contribution >= 4 is 5.97 Å². The Morgan fingerprint density at radius 1 is 1.55 bits per heavy atom. The quantitative estimate of drug-likeness (QED) is 0.612. The lowest BCUT2D eigenvalue weighted by Gasteiger charge is -2.08. The van der Waals surface area contributed by atoms with Crippen molar-refractivity contribution in [3.05, 3.63) is 0 Å². The molecule has 66 valence electrons. The summed E-state index contributed by atoms with van der Waals surface area (Å²) < 4.78 is 0. The molecule has 0 bridgehead atoms. The Labute approximate surface area is 67.6 Å². The Bertz CT molecular complexity index is 115. The number of aliphatic carboxylic acids is 1. The van der Waals surface area contributed by atoms with Crippen LogP contribution in [-0.2, 0) is 4.79 Å². The van der Waals surface area contributed by atoms with Crippen LogP contribution in [0.15, 0.2) is 0 Å². The molecule has 0 aromatic carbocycles. The van der Waals surface area contributed by atoms with E-state index < -0.39 is 5.97 Å². The first-order valence-electron chi connectivity index (χ1n) is 4.15. The maximum atomic E-state index is 10.6. The van der Waals surface area contributed by atoms with E-state index in [1.54, 1.807) is 0 Å². The van der Waals surface area contributed by atoms with Crippen LogP contribution in [0.2, 0.25) is 0 Å². The van der Waals surface area contributed by atoms with Gasteiger partial charge in [0.15, 0.2) is 0 Å². The van der Waals surface area contributed by atoms with Crippen LogP contribution in [0.5, 0.6) is 0 Å². The zero-order valence-electron chi connectivity index (χ0n) is 7.05. The minimum Gasteiger partial charge on any atom is -0.481 e. The van der Waals surface area contributed by atoms with Crippen molar-refractivity contribution in [3.63, 3.8) is 0 Å². The summed E-state index contributed by atoms with van der Waals surface area (Å²) in [6.07, 6.45) is 3.24. The molecule has 0 fully saturated rings. The fraction of sp³-hybridized carbons (Fsp3) is 0.875. The molecule has 0 saturated heterocycles. The minimum absolute atomic E-state index is 0.177. The van der Waals surface area contributed by atoms with E-state index in [0.717, 1.165) is 25.7 Å². The van der Waals surface area contributed by atoms with E-state index >= 15 is 0 Å². The molecule has 0 saturated carbocycles. The first kappa shape index (κ1) is 10.4. The second kappa shape index (κ2) is 6.16. The normalized spacial score (nSPS) is 12.9. The van der Waals surface area contributed by atoms with E-state index in [0.29, 0.717) is 6.54 Å². The summed E-state index contributed by atoms with van der Waals surface area (Å²) in [4.78, 5) is 10.6. The third-order valence-electron chi connectivity index (χ3n) is 1.74. The fourth-order valence-electron chi connectivity index (χ4n) is 1.10. The van der Waals surface area contributed by atoms with Gasteiger partial charge in [-0.2, -0.15) is 0 Å². The topological polar surface area (TPSA) is 63.3 Å². The molecular formula is C8H17NO2. The van der Waals surface area contributed by atoms with Gasteiger partial charge in [0.05, 0.1) is 5.92 Å². The third kappa shape index (κ3) is 4.79. The number of carboxylic acids is 1. The SMILES string of the molecule is CCCC(CCCN)C(=O)O. The Morgan fingerprint density at radius 2 is 2.18 bits per heavy atom. The van der Waals surface area contributed by atoms with Gasteiger partial charge in [-0.1, -0.05) is 13.3 Å². The second-order valence-corrected chi connectivity index (χ2v) is 2.75. The smallest absolute Gasteiger partial charge is 0.306 e. The molecule has 1 atom stereocenters. The summed E-state index contributed by atoms with van der Waals surface area (Å²) in [6, 6.07) is 0. The van der Waals surface area contributed by atoms with Gasteiger partial charge in [0.1, 0.15) is 0 Å². The molecule has 11 heavy (non-hydrogen) atoms. The van der Waals surface area contributed by atoms with Gasteiger partial charge in [-0.15, -0.1) is 0 Å². The van der Waals surface area contributed by atoms with Gasteiger partial charge in [-0.25, -0.2) is 0 Å². The second-order valence-electron chi connectivity index (χ2n) is 2.75. The summed E-state index contributed by atoms with van der Waals surface area (Å²) >= 11 is 0. The zero-order chi connectivity index (χ0) is 8.69. The van der Waals surface area contributed by atoms with E-state index in [1.165, 1.54) is 0 Å². The van der Waals surface area contributed by atoms with Crippen LogP contribution in [-0.4, -0.2) is 17.6 Å². The molecule has 3 N–H and O–H groups in total. The summed E-state index contributed by atoms with van der Waals surface area (Å²) in [5, 5.41) is 8.69. The number of carboxylic acid groups (broad SMARTS) is 1. The van der Waals surface area contributed by atoms with Crippen molar-refractivity contribution in [1.82, 2.24) is 0 Å². The summed E-state index contributed by atoms with van der Waals surface area (Å²) in [5.74, 6) is -0.858.